The Morgan fingerprint density at radius 1 is 1.42 bits per heavy atom. The predicted octanol–water partition coefficient (Wildman–Crippen LogP) is 0.614. The summed E-state index contributed by atoms with van der Waals surface area (Å²) in [4.78, 5) is 34.6. The van der Waals surface area contributed by atoms with Crippen LogP contribution in [0.3, 0.4) is 0 Å². The first-order chi connectivity index (χ1) is 8.88. The Bertz CT molecular complexity index is 536. The van der Waals surface area contributed by atoms with Crippen LogP contribution in [0.5, 0.6) is 0 Å². The molecule has 0 aliphatic rings. The normalized spacial score (nSPS) is 13.6. The lowest BCUT2D eigenvalue weighted by atomic mass is 9.99. The van der Waals surface area contributed by atoms with Crippen molar-refractivity contribution in [3.8, 4) is 0 Å². The molecule has 0 fully saturated rings. The molecule has 2 atom stereocenters. The quantitative estimate of drug-likeness (QED) is 0.817. The molecule has 6 nitrogen and oxygen atoms in total. The first-order valence-corrected chi connectivity index (χ1v) is 6.08. The van der Waals surface area contributed by atoms with Crippen LogP contribution in [0.4, 0.5) is 0 Å². The molecule has 0 radical (unpaired) electrons. The van der Waals surface area contributed by atoms with E-state index in [2.05, 4.69) is 5.32 Å². The summed E-state index contributed by atoms with van der Waals surface area (Å²) >= 11 is 0. The molecule has 1 aromatic heterocycles. The second-order valence-electron chi connectivity index (χ2n) is 4.48. The number of hydrogen-bond donors (Lipinski definition) is 2. The minimum atomic E-state index is -1.08. The zero-order valence-electron chi connectivity index (χ0n) is 11.2. The molecule has 0 saturated carbocycles. The summed E-state index contributed by atoms with van der Waals surface area (Å²) in [7, 11) is 1.47. The van der Waals surface area contributed by atoms with Gasteiger partial charge in [-0.05, 0) is 12.0 Å². The molecule has 1 aromatic rings. The number of carbonyl (C=O) groups is 2. The Labute approximate surface area is 111 Å². The minimum Gasteiger partial charge on any atom is -0.480 e. The fourth-order valence-electron chi connectivity index (χ4n) is 1.69. The van der Waals surface area contributed by atoms with Crippen molar-refractivity contribution in [3.05, 3.63) is 34.2 Å². The molecule has 0 saturated heterocycles. The van der Waals surface area contributed by atoms with E-state index in [0.29, 0.717) is 6.42 Å². The number of pyridine rings is 1. The average molecular weight is 266 g/mol. The van der Waals surface area contributed by atoms with Crippen LogP contribution in [0.2, 0.25) is 0 Å². The fourth-order valence-corrected chi connectivity index (χ4v) is 1.69. The van der Waals surface area contributed by atoms with Gasteiger partial charge in [0.2, 0.25) is 0 Å². The van der Waals surface area contributed by atoms with Crippen molar-refractivity contribution in [2.24, 2.45) is 13.0 Å². The van der Waals surface area contributed by atoms with Gasteiger partial charge in [0.15, 0.2) is 0 Å². The summed E-state index contributed by atoms with van der Waals surface area (Å²) in [6.07, 6.45) is 0.630. The number of aliphatic carboxylic acids is 1. The lowest BCUT2D eigenvalue weighted by Crippen LogP contribution is -2.46. The van der Waals surface area contributed by atoms with Crippen molar-refractivity contribution in [2.45, 2.75) is 26.3 Å². The number of nitrogens with one attached hydrogen (secondary N) is 1. The van der Waals surface area contributed by atoms with Gasteiger partial charge in [0.1, 0.15) is 11.7 Å². The average Bonchev–Trinajstić information content (AvgIpc) is 2.37. The fraction of sp³-hybridized carbons (Fsp3) is 0.462. The lowest BCUT2D eigenvalue weighted by Gasteiger charge is -2.20. The summed E-state index contributed by atoms with van der Waals surface area (Å²) in [5, 5.41) is 11.6. The summed E-state index contributed by atoms with van der Waals surface area (Å²) in [5.41, 5.74) is -0.176. The largest absolute Gasteiger partial charge is 0.480 e. The topological polar surface area (TPSA) is 88.4 Å². The van der Waals surface area contributed by atoms with Crippen molar-refractivity contribution in [1.29, 1.82) is 0 Å². The van der Waals surface area contributed by atoms with Crippen molar-refractivity contribution in [3.63, 3.8) is 0 Å². The van der Waals surface area contributed by atoms with Crippen molar-refractivity contribution in [2.75, 3.05) is 0 Å². The maximum absolute atomic E-state index is 12.0. The standard InChI is InChI=1S/C13H18N2O4/c1-4-8(2)11(13(18)19)14-12(17)9-6-5-7-10(16)15(9)3/h5-8,11H,4H2,1-3H3,(H,14,17)(H,18,19). The van der Waals surface area contributed by atoms with E-state index in [9.17, 15) is 14.4 Å². The zero-order valence-corrected chi connectivity index (χ0v) is 11.2. The SMILES string of the molecule is CCC(C)C(NC(=O)c1cccc(=O)n1C)C(=O)O. The second-order valence-corrected chi connectivity index (χ2v) is 4.48. The molecule has 0 aromatic carbocycles. The number of amides is 1. The molecule has 2 unspecified atom stereocenters. The van der Waals surface area contributed by atoms with Crippen molar-refractivity contribution < 1.29 is 14.7 Å². The molecule has 1 heterocycles. The number of rotatable bonds is 5. The van der Waals surface area contributed by atoms with Crippen LogP contribution in [0, 0.1) is 5.92 Å². The molecule has 1 rings (SSSR count). The number of aromatic nitrogens is 1. The molecule has 6 heteroatoms. The summed E-state index contributed by atoms with van der Waals surface area (Å²) in [6, 6.07) is 3.32. The van der Waals surface area contributed by atoms with Gasteiger partial charge in [-0.1, -0.05) is 26.3 Å². The van der Waals surface area contributed by atoms with Gasteiger partial charge in [0, 0.05) is 13.1 Å². The molecule has 2 N–H and O–H groups in total. The third-order valence-corrected chi connectivity index (χ3v) is 3.18. The Kier molecular flexibility index (Phi) is 4.86. The molecule has 19 heavy (non-hydrogen) atoms. The molecular formula is C13H18N2O4. The molecule has 0 bridgehead atoms. The highest BCUT2D eigenvalue weighted by Crippen LogP contribution is 2.09. The molecule has 0 aliphatic carbocycles. The minimum absolute atomic E-state index is 0.141. The first kappa shape index (κ1) is 14.9. The van der Waals surface area contributed by atoms with Crippen molar-refractivity contribution in [1.82, 2.24) is 9.88 Å². The van der Waals surface area contributed by atoms with E-state index in [-0.39, 0.29) is 17.2 Å². The molecular weight excluding hydrogens is 248 g/mol. The van der Waals surface area contributed by atoms with Crippen LogP contribution < -0.4 is 10.9 Å². The maximum Gasteiger partial charge on any atom is 0.326 e. The number of hydrogen-bond acceptors (Lipinski definition) is 3. The van der Waals surface area contributed by atoms with E-state index in [4.69, 9.17) is 5.11 Å². The van der Waals surface area contributed by atoms with Gasteiger partial charge in [-0.15, -0.1) is 0 Å². The van der Waals surface area contributed by atoms with E-state index in [1.54, 1.807) is 6.92 Å². The highest BCUT2D eigenvalue weighted by molar-refractivity contribution is 5.95. The van der Waals surface area contributed by atoms with E-state index in [1.165, 1.54) is 29.8 Å². The van der Waals surface area contributed by atoms with Gasteiger partial charge in [0.05, 0.1) is 0 Å². The number of carboxylic acids is 1. The van der Waals surface area contributed by atoms with Gasteiger partial charge in [-0.25, -0.2) is 4.79 Å². The molecule has 104 valence electrons. The van der Waals surface area contributed by atoms with Crippen LogP contribution in [0.1, 0.15) is 30.8 Å². The Balaban J connectivity index is 2.98. The molecule has 0 aliphatic heterocycles. The number of carboxylic acid groups (broad SMARTS) is 1. The van der Waals surface area contributed by atoms with Crippen molar-refractivity contribution >= 4 is 11.9 Å². The molecule has 1 amide bonds. The van der Waals surface area contributed by atoms with Gasteiger partial charge in [-0.3, -0.25) is 9.59 Å². The van der Waals surface area contributed by atoms with E-state index in [0.717, 1.165) is 0 Å². The lowest BCUT2D eigenvalue weighted by molar-refractivity contribution is -0.140. The van der Waals surface area contributed by atoms with Crippen LogP contribution in [0.15, 0.2) is 23.0 Å². The summed E-state index contributed by atoms with van der Waals surface area (Å²) in [6.45, 7) is 3.61. The number of nitrogens with zero attached hydrogens (tertiary/aromatic N) is 1. The van der Waals surface area contributed by atoms with E-state index < -0.39 is 17.9 Å². The van der Waals surface area contributed by atoms with Gasteiger partial charge in [0.25, 0.3) is 11.5 Å². The Morgan fingerprint density at radius 2 is 2.05 bits per heavy atom. The predicted molar refractivity (Wildman–Crippen MR) is 70.0 cm³/mol. The number of carbonyl (C=O) groups excluding carboxylic acids is 1. The Hall–Kier alpha value is -2.11. The maximum atomic E-state index is 12.0. The zero-order chi connectivity index (χ0) is 14.6. The van der Waals surface area contributed by atoms with Gasteiger partial charge >= 0.3 is 5.97 Å². The third kappa shape index (κ3) is 3.43. The van der Waals surface area contributed by atoms with E-state index in [1.807, 2.05) is 6.92 Å². The smallest absolute Gasteiger partial charge is 0.326 e. The second kappa shape index (κ2) is 6.17. The summed E-state index contributed by atoms with van der Waals surface area (Å²) in [5.74, 6) is -1.83. The van der Waals surface area contributed by atoms with E-state index >= 15 is 0 Å². The monoisotopic (exact) mass is 266 g/mol. The highest BCUT2D eigenvalue weighted by Gasteiger charge is 2.26. The van der Waals surface area contributed by atoms with Crippen LogP contribution in [0.25, 0.3) is 0 Å². The van der Waals surface area contributed by atoms with Crippen LogP contribution in [-0.4, -0.2) is 27.6 Å². The highest BCUT2D eigenvalue weighted by atomic mass is 16.4. The van der Waals surface area contributed by atoms with Crippen LogP contribution in [-0.2, 0) is 11.8 Å². The third-order valence-electron chi connectivity index (χ3n) is 3.18. The molecule has 0 spiro atoms. The Morgan fingerprint density at radius 3 is 2.58 bits per heavy atom. The van der Waals surface area contributed by atoms with Gasteiger partial charge in [-0.2, -0.15) is 0 Å². The first-order valence-electron chi connectivity index (χ1n) is 6.08. The summed E-state index contributed by atoms with van der Waals surface area (Å²) < 4.78 is 1.19. The van der Waals surface area contributed by atoms with Crippen LogP contribution >= 0.6 is 0 Å². The van der Waals surface area contributed by atoms with Gasteiger partial charge < -0.3 is 15.0 Å².